The van der Waals surface area contributed by atoms with E-state index in [1.54, 1.807) is 0 Å². The molecule has 0 unspecified atom stereocenters. The van der Waals surface area contributed by atoms with Gasteiger partial charge in [-0.3, -0.25) is 14.9 Å². The Morgan fingerprint density at radius 1 is 1.15 bits per heavy atom. The van der Waals surface area contributed by atoms with Crippen LogP contribution in [0.3, 0.4) is 0 Å². The van der Waals surface area contributed by atoms with Gasteiger partial charge in [-0.2, -0.15) is 0 Å². The lowest BCUT2D eigenvalue weighted by atomic mass is 10.1. The molecule has 0 saturated heterocycles. The summed E-state index contributed by atoms with van der Waals surface area (Å²) in [4.78, 5) is 33.4. The number of carbonyl (C=O) groups excluding carboxylic acids is 2. The Bertz CT molecular complexity index is 844. The van der Waals surface area contributed by atoms with Gasteiger partial charge in [0.05, 0.1) is 4.92 Å². The number of aryl methyl sites for hydroxylation is 1. The van der Waals surface area contributed by atoms with E-state index in [2.05, 4.69) is 5.32 Å². The van der Waals surface area contributed by atoms with Crippen LogP contribution in [0.2, 0.25) is 0 Å². The van der Waals surface area contributed by atoms with Crippen LogP contribution in [-0.4, -0.2) is 30.0 Å². The molecule has 2 aromatic carbocycles. The molecule has 7 heteroatoms. The van der Waals surface area contributed by atoms with Crippen LogP contribution in [-0.2, 0) is 20.7 Å². The summed E-state index contributed by atoms with van der Waals surface area (Å²) >= 11 is 0. The zero-order valence-corrected chi connectivity index (χ0v) is 14.9. The summed E-state index contributed by atoms with van der Waals surface area (Å²) in [7, 11) is 0. The summed E-state index contributed by atoms with van der Waals surface area (Å²) in [5.41, 5.74) is 2.90. The lowest BCUT2D eigenvalue weighted by Crippen LogP contribution is -2.30. The van der Waals surface area contributed by atoms with Gasteiger partial charge in [-0.1, -0.05) is 24.3 Å². The Balaban J connectivity index is 1.70. The molecule has 2 rings (SSSR count). The van der Waals surface area contributed by atoms with Crippen LogP contribution >= 0.6 is 0 Å². The molecule has 7 nitrogen and oxygen atoms in total. The van der Waals surface area contributed by atoms with Crippen molar-refractivity contribution in [1.82, 2.24) is 5.32 Å². The third-order valence-corrected chi connectivity index (χ3v) is 3.84. The normalized spacial score (nSPS) is 10.6. The SMILES string of the molecule is Cc1ccccc1CCNC(=O)COC(=O)/C=C/c1ccc([N+](=O)[O-])cc1. The number of esters is 1. The molecule has 0 aromatic heterocycles. The molecule has 0 radical (unpaired) electrons. The number of rotatable bonds is 8. The highest BCUT2D eigenvalue weighted by atomic mass is 16.6. The van der Waals surface area contributed by atoms with Crippen molar-refractivity contribution in [2.24, 2.45) is 0 Å². The van der Waals surface area contributed by atoms with Gasteiger partial charge in [0.2, 0.25) is 0 Å². The smallest absolute Gasteiger partial charge is 0.331 e. The number of amides is 1. The van der Waals surface area contributed by atoms with E-state index < -0.39 is 10.9 Å². The highest BCUT2D eigenvalue weighted by Gasteiger charge is 2.06. The maximum absolute atomic E-state index is 11.7. The lowest BCUT2D eigenvalue weighted by molar-refractivity contribution is -0.384. The molecule has 0 atom stereocenters. The molecule has 0 fully saturated rings. The van der Waals surface area contributed by atoms with Crippen molar-refractivity contribution in [2.45, 2.75) is 13.3 Å². The van der Waals surface area contributed by atoms with Gasteiger partial charge in [-0.25, -0.2) is 4.79 Å². The number of nitrogens with zero attached hydrogens (tertiary/aromatic N) is 1. The number of nitro groups is 1. The fourth-order valence-electron chi connectivity index (χ4n) is 2.33. The quantitative estimate of drug-likeness (QED) is 0.334. The van der Waals surface area contributed by atoms with Gasteiger partial charge in [0.25, 0.3) is 11.6 Å². The topological polar surface area (TPSA) is 98.5 Å². The molecule has 1 N–H and O–H groups in total. The van der Waals surface area contributed by atoms with E-state index in [-0.39, 0.29) is 18.2 Å². The molecule has 0 bridgehead atoms. The van der Waals surface area contributed by atoms with Crippen molar-refractivity contribution in [3.8, 4) is 0 Å². The summed E-state index contributed by atoms with van der Waals surface area (Å²) < 4.78 is 4.87. The van der Waals surface area contributed by atoms with Gasteiger partial charge in [0.1, 0.15) is 0 Å². The summed E-state index contributed by atoms with van der Waals surface area (Å²) in [6.07, 6.45) is 3.33. The molecule has 0 spiro atoms. The second-order valence-electron chi connectivity index (χ2n) is 5.82. The first kappa shape index (κ1) is 19.8. The third-order valence-electron chi connectivity index (χ3n) is 3.84. The van der Waals surface area contributed by atoms with Gasteiger partial charge in [-0.15, -0.1) is 0 Å². The molecular weight excluding hydrogens is 348 g/mol. The van der Waals surface area contributed by atoms with E-state index >= 15 is 0 Å². The number of nitro benzene ring substituents is 1. The first-order chi connectivity index (χ1) is 13.0. The maximum Gasteiger partial charge on any atom is 0.331 e. The molecule has 0 heterocycles. The summed E-state index contributed by atoms with van der Waals surface area (Å²) in [6, 6.07) is 13.6. The minimum atomic E-state index is -0.664. The molecule has 140 valence electrons. The first-order valence-corrected chi connectivity index (χ1v) is 8.36. The van der Waals surface area contributed by atoms with Crippen LogP contribution in [0.4, 0.5) is 5.69 Å². The lowest BCUT2D eigenvalue weighted by Gasteiger charge is -2.07. The largest absolute Gasteiger partial charge is 0.452 e. The first-order valence-electron chi connectivity index (χ1n) is 8.36. The minimum Gasteiger partial charge on any atom is -0.452 e. The van der Waals surface area contributed by atoms with Crippen molar-refractivity contribution < 1.29 is 19.2 Å². The predicted molar refractivity (Wildman–Crippen MR) is 101 cm³/mol. The number of carbonyl (C=O) groups is 2. The van der Waals surface area contributed by atoms with Gasteiger partial charge in [0.15, 0.2) is 6.61 Å². The van der Waals surface area contributed by atoms with Crippen molar-refractivity contribution in [1.29, 1.82) is 0 Å². The van der Waals surface area contributed by atoms with Gasteiger partial charge in [0, 0.05) is 24.8 Å². The Hall–Kier alpha value is -3.48. The minimum absolute atomic E-state index is 0.0305. The zero-order chi connectivity index (χ0) is 19.6. The fraction of sp³-hybridized carbons (Fsp3) is 0.200. The average molecular weight is 368 g/mol. The fourth-order valence-corrected chi connectivity index (χ4v) is 2.33. The zero-order valence-electron chi connectivity index (χ0n) is 14.9. The summed E-state index contributed by atoms with van der Waals surface area (Å²) in [5, 5.41) is 13.3. The van der Waals surface area contributed by atoms with E-state index in [0.717, 1.165) is 11.1 Å². The molecule has 0 saturated carbocycles. The number of nitrogens with one attached hydrogen (secondary N) is 1. The van der Waals surface area contributed by atoms with Crippen LogP contribution in [0.25, 0.3) is 6.08 Å². The van der Waals surface area contributed by atoms with E-state index in [1.165, 1.54) is 36.4 Å². The van der Waals surface area contributed by atoms with Crippen molar-refractivity contribution in [3.05, 3.63) is 81.4 Å². The Morgan fingerprint density at radius 3 is 2.52 bits per heavy atom. The van der Waals surface area contributed by atoms with Crippen molar-refractivity contribution in [2.75, 3.05) is 13.2 Å². The number of non-ortho nitro benzene ring substituents is 1. The third kappa shape index (κ3) is 6.74. The van der Waals surface area contributed by atoms with E-state index in [0.29, 0.717) is 18.5 Å². The van der Waals surface area contributed by atoms with Crippen LogP contribution in [0.15, 0.2) is 54.6 Å². The predicted octanol–water partition coefficient (Wildman–Crippen LogP) is 2.82. The Kier molecular flexibility index (Phi) is 7.25. The average Bonchev–Trinajstić information content (AvgIpc) is 2.66. The highest BCUT2D eigenvalue weighted by molar-refractivity contribution is 5.89. The Morgan fingerprint density at radius 2 is 1.85 bits per heavy atom. The number of hydrogen-bond acceptors (Lipinski definition) is 5. The standard InChI is InChI=1S/C20H20N2O5/c1-15-4-2-3-5-17(15)12-13-21-19(23)14-27-20(24)11-8-16-6-9-18(10-7-16)22(25)26/h2-11H,12-14H2,1H3,(H,21,23)/b11-8+. The van der Waals surface area contributed by atoms with Crippen LogP contribution in [0.1, 0.15) is 16.7 Å². The van der Waals surface area contributed by atoms with Crippen LogP contribution in [0, 0.1) is 17.0 Å². The second kappa shape index (κ2) is 9.86. The van der Waals surface area contributed by atoms with Gasteiger partial charge < -0.3 is 10.1 Å². The van der Waals surface area contributed by atoms with E-state index in [1.807, 2.05) is 31.2 Å². The summed E-state index contributed by atoms with van der Waals surface area (Å²) in [5.74, 6) is -1.04. The molecular formula is C20H20N2O5. The van der Waals surface area contributed by atoms with Gasteiger partial charge >= 0.3 is 5.97 Å². The molecule has 0 aliphatic rings. The maximum atomic E-state index is 11.7. The second-order valence-corrected chi connectivity index (χ2v) is 5.82. The molecule has 27 heavy (non-hydrogen) atoms. The molecule has 2 aromatic rings. The number of ether oxygens (including phenoxy) is 1. The van der Waals surface area contributed by atoms with E-state index in [9.17, 15) is 19.7 Å². The molecule has 0 aliphatic carbocycles. The highest BCUT2D eigenvalue weighted by Crippen LogP contribution is 2.12. The number of benzene rings is 2. The molecule has 0 aliphatic heterocycles. The van der Waals surface area contributed by atoms with Gasteiger partial charge in [-0.05, 0) is 48.2 Å². The summed E-state index contributed by atoms with van der Waals surface area (Å²) in [6.45, 7) is 2.10. The number of hydrogen-bond donors (Lipinski definition) is 1. The van der Waals surface area contributed by atoms with Crippen molar-refractivity contribution >= 4 is 23.6 Å². The van der Waals surface area contributed by atoms with Crippen molar-refractivity contribution in [3.63, 3.8) is 0 Å². The van der Waals surface area contributed by atoms with Crippen LogP contribution in [0.5, 0.6) is 0 Å². The van der Waals surface area contributed by atoms with E-state index in [4.69, 9.17) is 4.74 Å². The molecule has 1 amide bonds. The van der Waals surface area contributed by atoms with Crippen LogP contribution < -0.4 is 5.32 Å². The Labute approximate surface area is 156 Å². The monoisotopic (exact) mass is 368 g/mol.